The highest BCUT2D eigenvalue weighted by atomic mass is 35.5. The molecule has 0 spiro atoms. The van der Waals surface area contributed by atoms with Crippen LogP contribution in [0.3, 0.4) is 0 Å². The van der Waals surface area contributed by atoms with E-state index in [0.29, 0.717) is 0 Å². The molecule has 0 amide bonds. The van der Waals surface area contributed by atoms with E-state index < -0.39 is 0 Å². The second kappa shape index (κ2) is 7.15. The number of hydrogen-bond acceptors (Lipinski definition) is 0. The standard InChI is InChI=1S/C29H25Cl/c1-29(2,3)27-24(19-12-6-4-7-13-19)25(20-14-8-5-9-15-20)28(30)23-18-21-16-10-11-17-22(21)26(23)27/h4-17H,18H2,1-3H3. The molecule has 0 atom stereocenters. The van der Waals surface area contributed by atoms with Crippen LogP contribution in [-0.2, 0) is 11.8 Å². The van der Waals surface area contributed by atoms with Crippen LogP contribution in [0.2, 0.25) is 5.02 Å². The lowest BCUT2D eigenvalue weighted by Crippen LogP contribution is -2.16. The Hall–Kier alpha value is -2.83. The van der Waals surface area contributed by atoms with Crippen LogP contribution in [-0.4, -0.2) is 0 Å². The minimum Gasteiger partial charge on any atom is -0.0833 e. The summed E-state index contributed by atoms with van der Waals surface area (Å²) in [5, 5.41) is 0.888. The molecule has 0 radical (unpaired) electrons. The Morgan fingerprint density at radius 3 is 1.77 bits per heavy atom. The first-order chi connectivity index (χ1) is 14.5. The normalized spacial score (nSPS) is 12.5. The number of hydrogen-bond donors (Lipinski definition) is 0. The molecule has 0 aliphatic heterocycles. The van der Waals surface area contributed by atoms with Gasteiger partial charge in [-0.05, 0) is 49.9 Å². The summed E-state index contributed by atoms with van der Waals surface area (Å²) in [7, 11) is 0. The van der Waals surface area contributed by atoms with Crippen molar-refractivity contribution >= 4 is 11.6 Å². The van der Waals surface area contributed by atoms with E-state index >= 15 is 0 Å². The zero-order valence-corrected chi connectivity index (χ0v) is 18.4. The third-order valence-electron chi connectivity index (χ3n) is 6.07. The van der Waals surface area contributed by atoms with Crippen molar-refractivity contribution in [3.63, 3.8) is 0 Å². The van der Waals surface area contributed by atoms with Crippen LogP contribution < -0.4 is 0 Å². The molecule has 0 heterocycles. The van der Waals surface area contributed by atoms with Gasteiger partial charge in [-0.2, -0.15) is 0 Å². The lowest BCUT2D eigenvalue weighted by Gasteiger charge is -2.30. The molecule has 0 fully saturated rings. The highest BCUT2D eigenvalue weighted by Crippen LogP contribution is 2.54. The van der Waals surface area contributed by atoms with Crippen molar-refractivity contribution < 1.29 is 0 Å². The van der Waals surface area contributed by atoms with Gasteiger partial charge in [0.2, 0.25) is 0 Å². The largest absolute Gasteiger partial charge is 0.0833 e. The van der Waals surface area contributed by atoms with Crippen LogP contribution >= 0.6 is 11.6 Å². The molecule has 1 aliphatic carbocycles. The van der Waals surface area contributed by atoms with E-state index in [1.807, 2.05) is 0 Å². The van der Waals surface area contributed by atoms with Gasteiger partial charge in [-0.15, -0.1) is 0 Å². The zero-order valence-electron chi connectivity index (χ0n) is 17.7. The van der Waals surface area contributed by atoms with Crippen LogP contribution in [0.1, 0.15) is 37.5 Å². The van der Waals surface area contributed by atoms with Crippen molar-refractivity contribution in [1.29, 1.82) is 0 Å². The number of halogens is 1. The van der Waals surface area contributed by atoms with Crippen molar-refractivity contribution in [3.05, 3.63) is 107 Å². The van der Waals surface area contributed by atoms with E-state index in [2.05, 4.69) is 106 Å². The van der Waals surface area contributed by atoms with Crippen molar-refractivity contribution in [2.75, 3.05) is 0 Å². The molecule has 0 saturated carbocycles. The van der Waals surface area contributed by atoms with Gasteiger partial charge in [0.25, 0.3) is 0 Å². The van der Waals surface area contributed by atoms with Gasteiger partial charge in [0, 0.05) is 12.0 Å². The Morgan fingerprint density at radius 1 is 0.633 bits per heavy atom. The third kappa shape index (κ3) is 2.99. The van der Waals surface area contributed by atoms with Gasteiger partial charge in [0.1, 0.15) is 0 Å². The first-order valence-corrected chi connectivity index (χ1v) is 10.9. The molecule has 1 heteroatoms. The number of fused-ring (bicyclic) bond motifs is 3. The SMILES string of the molecule is CC(C)(C)c1c2c(c(Cl)c(-c3ccccc3)c1-c1ccccc1)Cc1ccccc1-2. The van der Waals surface area contributed by atoms with Gasteiger partial charge in [0.05, 0.1) is 5.02 Å². The number of rotatable bonds is 2. The molecule has 5 rings (SSSR count). The maximum atomic E-state index is 7.26. The molecular weight excluding hydrogens is 384 g/mol. The molecule has 0 aromatic heterocycles. The maximum absolute atomic E-state index is 7.26. The Bertz CT molecular complexity index is 1230. The fourth-order valence-electron chi connectivity index (χ4n) is 4.86. The van der Waals surface area contributed by atoms with Crippen molar-refractivity contribution in [3.8, 4) is 33.4 Å². The van der Waals surface area contributed by atoms with E-state index in [1.54, 1.807) is 0 Å². The Kier molecular flexibility index (Phi) is 4.56. The van der Waals surface area contributed by atoms with E-state index in [-0.39, 0.29) is 5.41 Å². The van der Waals surface area contributed by atoms with Gasteiger partial charge in [-0.1, -0.05) is 117 Å². The smallest absolute Gasteiger partial charge is 0.0532 e. The zero-order chi connectivity index (χ0) is 20.9. The van der Waals surface area contributed by atoms with Gasteiger partial charge < -0.3 is 0 Å². The fourth-order valence-corrected chi connectivity index (χ4v) is 5.23. The van der Waals surface area contributed by atoms with Crippen molar-refractivity contribution in [1.82, 2.24) is 0 Å². The molecule has 0 nitrogen and oxygen atoms in total. The molecule has 1 aliphatic rings. The quantitative estimate of drug-likeness (QED) is 0.274. The van der Waals surface area contributed by atoms with Crippen LogP contribution in [0.25, 0.3) is 33.4 Å². The fraction of sp³-hybridized carbons (Fsp3) is 0.172. The van der Waals surface area contributed by atoms with E-state index in [1.165, 1.54) is 44.5 Å². The first-order valence-electron chi connectivity index (χ1n) is 10.5. The summed E-state index contributed by atoms with van der Waals surface area (Å²) in [4.78, 5) is 0. The topological polar surface area (TPSA) is 0 Å². The molecule has 4 aromatic rings. The monoisotopic (exact) mass is 408 g/mol. The minimum absolute atomic E-state index is 0.0408. The lowest BCUT2D eigenvalue weighted by atomic mass is 9.74. The Morgan fingerprint density at radius 2 is 1.17 bits per heavy atom. The lowest BCUT2D eigenvalue weighted by molar-refractivity contribution is 0.593. The highest BCUT2D eigenvalue weighted by molar-refractivity contribution is 6.36. The van der Waals surface area contributed by atoms with E-state index in [4.69, 9.17) is 11.6 Å². The Balaban J connectivity index is 1.99. The van der Waals surface area contributed by atoms with Crippen LogP contribution in [0.15, 0.2) is 84.9 Å². The average molecular weight is 409 g/mol. The molecular formula is C29H25Cl. The first kappa shape index (κ1) is 19.2. The van der Waals surface area contributed by atoms with Crippen molar-refractivity contribution in [2.24, 2.45) is 0 Å². The van der Waals surface area contributed by atoms with E-state index in [9.17, 15) is 0 Å². The van der Waals surface area contributed by atoms with Crippen LogP contribution in [0.5, 0.6) is 0 Å². The maximum Gasteiger partial charge on any atom is 0.0532 e. The molecule has 30 heavy (non-hydrogen) atoms. The summed E-state index contributed by atoms with van der Waals surface area (Å²) in [6, 6.07) is 30.1. The molecule has 0 bridgehead atoms. The predicted octanol–water partition coefficient (Wildman–Crippen LogP) is 8.54. The summed E-state index contributed by atoms with van der Waals surface area (Å²) in [6.07, 6.45) is 0.891. The summed E-state index contributed by atoms with van der Waals surface area (Å²) in [5.74, 6) is 0. The van der Waals surface area contributed by atoms with Gasteiger partial charge >= 0.3 is 0 Å². The van der Waals surface area contributed by atoms with E-state index in [0.717, 1.165) is 17.0 Å². The summed E-state index contributed by atoms with van der Waals surface area (Å²) < 4.78 is 0. The highest BCUT2D eigenvalue weighted by Gasteiger charge is 2.34. The summed E-state index contributed by atoms with van der Waals surface area (Å²) in [6.45, 7) is 6.95. The predicted molar refractivity (Wildman–Crippen MR) is 129 cm³/mol. The van der Waals surface area contributed by atoms with Gasteiger partial charge in [-0.3, -0.25) is 0 Å². The second-order valence-electron chi connectivity index (χ2n) is 9.11. The summed E-state index contributed by atoms with van der Waals surface area (Å²) >= 11 is 7.26. The van der Waals surface area contributed by atoms with Crippen LogP contribution in [0, 0.1) is 0 Å². The summed E-state index contributed by atoms with van der Waals surface area (Å²) in [5.41, 5.74) is 11.4. The second-order valence-corrected chi connectivity index (χ2v) is 9.49. The third-order valence-corrected chi connectivity index (χ3v) is 6.48. The molecule has 0 N–H and O–H groups in total. The van der Waals surface area contributed by atoms with Gasteiger partial charge in [-0.25, -0.2) is 0 Å². The average Bonchev–Trinajstić information content (AvgIpc) is 3.14. The van der Waals surface area contributed by atoms with Crippen LogP contribution in [0.4, 0.5) is 0 Å². The minimum atomic E-state index is -0.0408. The molecule has 4 aromatic carbocycles. The molecule has 0 saturated heterocycles. The molecule has 0 unspecified atom stereocenters. The van der Waals surface area contributed by atoms with Gasteiger partial charge in [0.15, 0.2) is 0 Å². The Labute approximate surface area is 184 Å². The molecule has 148 valence electrons. The number of benzene rings is 4. The van der Waals surface area contributed by atoms with Crippen molar-refractivity contribution in [2.45, 2.75) is 32.6 Å².